The van der Waals surface area contributed by atoms with Crippen LogP contribution in [0.2, 0.25) is 0 Å². The lowest BCUT2D eigenvalue weighted by molar-refractivity contribution is -0.870. The molecule has 9 nitrogen and oxygen atoms in total. The van der Waals surface area contributed by atoms with E-state index in [-0.39, 0.29) is 31.5 Å². The first-order valence-corrected chi connectivity index (χ1v) is 35.3. The summed E-state index contributed by atoms with van der Waals surface area (Å²) in [5, 5.41) is 3.03. The number of carbonyl (C=O) groups excluding carboxylic acids is 2. The summed E-state index contributed by atoms with van der Waals surface area (Å²) in [5.74, 6) is -0.545. The molecule has 460 valence electrons. The Morgan fingerprint density at radius 2 is 0.744 bits per heavy atom. The molecule has 10 heteroatoms. The van der Waals surface area contributed by atoms with Crippen LogP contribution in [0, 0.1) is 0 Å². The second-order valence-corrected chi connectivity index (χ2v) is 25.7. The molecule has 0 aromatic heterocycles. The van der Waals surface area contributed by atoms with E-state index in [1.165, 1.54) is 231 Å². The van der Waals surface area contributed by atoms with Gasteiger partial charge in [0.05, 0.1) is 33.8 Å². The van der Waals surface area contributed by atoms with Crippen LogP contribution in [0.1, 0.15) is 335 Å². The first kappa shape index (κ1) is 76.2. The van der Waals surface area contributed by atoms with Crippen LogP contribution >= 0.6 is 7.82 Å². The average molecular weight is 1120 g/mol. The van der Waals surface area contributed by atoms with E-state index >= 15 is 0 Å². The van der Waals surface area contributed by atoms with Crippen molar-refractivity contribution in [3.8, 4) is 0 Å². The van der Waals surface area contributed by atoms with Gasteiger partial charge in [0, 0.05) is 12.8 Å². The number of phosphoric acid groups is 1. The molecular weight excluding hydrogens is 988 g/mol. The van der Waals surface area contributed by atoms with Crippen molar-refractivity contribution in [2.45, 2.75) is 348 Å². The van der Waals surface area contributed by atoms with Crippen molar-refractivity contribution in [1.82, 2.24) is 5.32 Å². The minimum Gasteiger partial charge on any atom is -0.756 e. The Morgan fingerprint density at radius 1 is 0.436 bits per heavy atom. The van der Waals surface area contributed by atoms with E-state index in [9.17, 15) is 19.0 Å². The van der Waals surface area contributed by atoms with Gasteiger partial charge in [0.1, 0.15) is 19.3 Å². The maximum absolute atomic E-state index is 13.6. The maximum atomic E-state index is 13.6. The zero-order valence-corrected chi connectivity index (χ0v) is 53.5. The first-order chi connectivity index (χ1) is 37.9. The Bertz CT molecular complexity index is 1430. The Kier molecular flexibility index (Phi) is 57.1. The van der Waals surface area contributed by atoms with Gasteiger partial charge >= 0.3 is 5.97 Å². The fourth-order valence-corrected chi connectivity index (χ4v) is 10.8. The van der Waals surface area contributed by atoms with Crippen LogP contribution in [0.15, 0.2) is 36.5 Å². The predicted molar refractivity (Wildman–Crippen MR) is 335 cm³/mol. The summed E-state index contributed by atoms with van der Waals surface area (Å²) in [6, 6.07) is -0.890. The third-order valence-electron chi connectivity index (χ3n) is 15.3. The highest BCUT2D eigenvalue weighted by Crippen LogP contribution is 2.38. The van der Waals surface area contributed by atoms with Gasteiger partial charge in [0.2, 0.25) is 5.91 Å². The summed E-state index contributed by atoms with van der Waals surface area (Å²) in [4.78, 5) is 40.0. The number of likely N-dealkylation sites (N-methyl/N-ethyl adjacent to an activating group) is 1. The molecule has 0 aromatic carbocycles. The number of unbranched alkanes of at least 4 members (excludes halogenated alkanes) is 42. The third kappa shape index (κ3) is 58.9. The number of quaternary nitrogens is 1. The number of hydrogen-bond donors (Lipinski definition) is 1. The van der Waals surface area contributed by atoms with Crippen LogP contribution in [0.5, 0.6) is 0 Å². The van der Waals surface area contributed by atoms with Crippen molar-refractivity contribution < 1.29 is 37.3 Å². The molecule has 0 saturated heterocycles. The zero-order chi connectivity index (χ0) is 57.2. The second-order valence-electron chi connectivity index (χ2n) is 24.3. The number of allylic oxidation sites excluding steroid dienone is 5. The highest BCUT2D eigenvalue weighted by atomic mass is 31.2. The van der Waals surface area contributed by atoms with Gasteiger partial charge in [-0.25, -0.2) is 0 Å². The fraction of sp³-hybridized carbons (Fsp3) is 0.882. The van der Waals surface area contributed by atoms with E-state index < -0.39 is 20.0 Å². The molecule has 0 bridgehead atoms. The van der Waals surface area contributed by atoms with Gasteiger partial charge in [-0.3, -0.25) is 14.2 Å². The minimum atomic E-state index is -4.70. The van der Waals surface area contributed by atoms with E-state index in [0.29, 0.717) is 23.9 Å². The Morgan fingerprint density at radius 3 is 1.10 bits per heavy atom. The number of nitrogens with one attached hydrogen (secondary N) is 1. The van der Waals surface area contributed by atoms with Gasteiger partial charge in [-0.05, 0) is 83.1 Å². The van der Waals surface area contributed by atoms with Gasteiger partial charge < -0.3 is 28.5 Å². The Hall–Kier alpha value is -1.77. The maximum Gasteiger partial charge on any atom is 0.306 e. The third-order valence-corrected chi connectivity index (χ3v) is 16.3. The average Bonchev–Trinajstić information content (AvgIpc) is 3.41. The Balaban J connectivity index is 4.96. The van der Waals surface area contributed by atoms with Crippen molar-refractivity contribution in [2.24, 2.45) is 0 Å². The molecule has 0 aliphatic heterocycles. The quantitative estimate of drug-likeness (QED) is 0.0212. The molecule has 0 aliphatic rings. The lowest BCUT2D eigenvalue weighted by Crippen LogP contribution is -2.47. The molecule has 0 spiro atoms. The predicted octanol–water partition coefficient (Wildman–Crippen LogP) is 20.4. The number of amides is 1. The van der Waals surface area contributed by atoms with Crippen LogP contribution in [-0.4, -0.2) is 69.4 Å². The van der Waals surface area contributed by atoms with Crippen LogP contribution in [-0.2, 0) is 27.9 Å². The van der Waals surface area contributed by atoms with Crippen LogP contribution < -0.4 is 10.2 Å². The molecule has 0 aliphatic carbocycles. The second kappa shape index (κ2) is 58.4. The molecular formula is C68H131N2O7P. The van der Waals surface area contributed by atoms with E-state index in [1.807, 2.05) is 33.3 Å². The summed E-state index contributed by atoms with van der Waals surface area (Å²) >= 11 is 0. The van der Waals surface area contributed by atoms with Crippen molar-refractivity contribution in [3.63, 3.8) is 0 Å². The summed E-state index contributed by atoms with van der Waals surface area (Å²) in [7, 11) is 1.19. The van der Waals surface area contributed by atoms with E-state index in [1.54, 1.807) is 0 Å². The molecule has 78 heavy (non-hydrogen) atoms. The van der Waals surface area contributed by atoms with Crippen molar-refractivity contribution in [2.75, 3.05) is 40.9 Å². The number of rotatable bonds is 62. The van der Waals surface area contributed by atoms with Gasteiger partial charge in [-0.1, -0.05) is 276 Å². The number of esters is 1. The molecule has 0 saturated carbocycles. The summed E-state index contributed by atoms with van der Waals surface area (Å²) in [6.45, 7) is 6.86. The first-order valence-electron chi connectivity index (χ1n) is 33.8. The molecule has 0 radical (unpaired) electrons. The molecule has 0 rings (SSSR count). The van der Waals surface area contributed by atoms with Crippen LogP contribution in [0.4, 0.5) is 0 Å². The highest BCUT2D eigenvalue weighted by Gasteiger charge is 2.27. The molecule has 1 amide bonds. The van der Waals surface area contributed by atoms with Crippen molar-refractivity contribution >= 4 is 19.7 Å². The number of hydrogen-bond acceptors (Lipinski definition) is 7. The highest BCUT2D eigenvalue weighted by molar-refractivity contribution is 7.45. The number of carbonyl (C=O) groups is 2. The summed E-state index contributed by atoms with van der Waals surface area (Å²) in [6.07, 6.45) is 71.3. The fourth-order valence-electron chi connectivity index (χ4n) is 10.0. The number of nitrogens with zero attached hydrogens (tertiary/aromatic N) is 1. The lowest BCUT2D eigenvalue weighted by atomic mass is 10.0. The molecule has 0 heterocycles. The van der Waals surface area contributed by atoms with Gasteiger partial charge in [-0.2, -0.15) is 0 Å². The topological polar surface area (TPSA) is 114 Å². The van der Waals surface area contributed by atoms with Gasteiger partial charge in [0.15, 0.2) is 0 Å². The van der Waals surface area contributed by atoms with Crippen LogP contribution in [0.25, 0.3) is 0 Å². The largest absolute Gasteiger partial charge is 0.756 e. The van der Waals surface area contributed by atoms with Crippen molar-refractivity contribution in [3.05, 3.63) is 36.5 Å². The zero-order valence-electron chi connectivity index (χ0n) is 52.6. The van der Waals surface area contributed by atoms with Gasteiger partial charge in [0.25, 0.3) is 7.82 Å². The normalized spacial score (nSPS) is 13.8. The number of ether oxygens (including phenoxy) is 1. The van der Waals surface area contributed by atoms with E-state index in [4.69, 9.17) is 13.8 Å². The Labute approximate surface area is 485 Å². The van der Waals surface area contributed by atoms with E-state index in [0.717, 1.165) is 64.2 Å². The molecule has 0 fully saturated rings. The minimum absolute atomic E-state index is 0.0221. The summed E-state index contributed by atoms with van der Waals surface area (Å²) < 4.78 is 30.3. The molecule has 1 N–H and O–H groups in total. The monoisotopic (exact) mass is 1120 g/mol. The number of phosphoric ester groups is 1. The van der Waals surface area contributed by atoms with Crippen LogP contribution in [0.3, 0.4) is 0 Å². The molecule has 0 aromatic rings. The SMILES string of the molecule is CCCCCCCC/C=C/CCCCCCCCCCCCCCCCCCCC(=O)NC(COP(=O)([O-])OCC[N+](C)(C)C)C(/C=C\CCCCCCCCCCC)OC(=O)CCCCC/C=C\CCCCCCCCC. The standard InChI is InChI=1S/C68H131N2O7P/c1-7-10-13-16-19-22-25-27-29-30-31-32-33-34-35-36-37-38-39-40-41-42-45-48-51-54-57-60-67(71)69-65(64-76-78(73,74)75-63-62-70(4,5)6)66(59-56-53-50-47-44-24-21-18-15-12-9-3)77-68(72)61-58-55-52-49-46-43-28-26-23-20-17-14-11-8-2/h27,29,43,46,56,59,65-66H,7-26,28,30-42,44-45,47-55,57-58,60-64H2,1-6H3,(H-,69,71,73,74)/b29-27+,46-43-,59-56-. The summed E-state index contributed by atoms with van der Waals surface area (Å²) in [5.41, 5.74) is 0. The van der Waals surface area contributed by atoms with Gasteiger partial charge in [-0.15, -0.1) is 0 Å². The molecule has 3 unspecified atom stereocenters. The van der Waals surface area contributed by atoms with E-state index in [2.05, 4.69) is 50.4 Å². The molecule has 3 atom stereocenters. The lowest BCUT2D eigenvalue weighted by Gasteiger charge is -2.30. The van der Waals surface area contributed by atoms with Crippen molar-refractivity contribution in [1.29, 1.82) is 0 Å². The smallest absolute Gasteiger partial charge is 0.306 e.